The number of benzene rings is 1. The van der Waals surface area contributed by atoms with Crippen molar-refractivity contribution in [3.8, 4) is 11.3 Å². The smallest absolute Gasteiger partial charge is 0.293 e. The highest BCUT2D eigenvalue weighted by Crippen LogP contribution is 2.26. The summed E-state index contributed by atoms with van der Waals surface area (Å²) < 4.78 is 5.81. The summed E-state index contributed by atoms with van der Waals surface area (Å²) >= 11 is 8.09. The molecular formula is C18H20ClN3O2S. The van der Waals surface area contributed by atoms with Gasteiger partial charge >= 0.3 is 0 Å². The van der Waals surface area contributed by atoms with Crippen molar-refractivity contribution in [1.29, 1.82) is 0 Å². The monoisotopic (exact) mass is 377 g/mol. The van der Waals surface area contributed by atoms with Gasteiger partial charge in [0.05, 0.1) is 18.5 Å². The number of carbonyl (C=O) groups excluding carboxylic acids is 1. The van der Waals surface area contributed by atoms with Crippen LogP contribution in [0.2, 0.25) is 5.15 Å². The van der Waals surface area contributed by atoms with Crippen LogP contribution < -0.4 is 0 Å². The van der Waals surface area contributed by atoms with E-state index >= 15 is 0 Å². The first-order valence-electron chi connectivity index (χ1n) is 7.90. The number of hydrogen-bond acceptors (Lipinski definition) is 5. The summed E-state index contributed by atoms with van der Waals surface area (Å²) in [6, 6.07) is 10.2. The van der Waals surface area contributed by atoms with Crippen LogP contribution in [0.4, 0.5) is 0 Å². The van der Waals surface area contributed by atoms with Gasteiger partial charge in [-0.15, -0.1) is 11.8 Å². The van der Waals surface area contributed by atoms with Gasteiger partial charge in [0.15, 0.2) is 5.65 Å². The van der Waals surface area contributed by atoms with Gasteiger partial charge in [0.25, 0.3) is 6.47 Å². The third kappa shape index (κ3) is 4.96. The number of fused-ring (bicyclic) bond motifs is 1. The number of rotatable bonds is 5. The third-order valence-electron chi connectivity index (χ3n) is 3.30. The van der Waals surface area contributed by atoms with E-state index < -0.39 is 0 Å². The number of halogens is 1. The van der Waals surface area contributed by atoms with E-state index in [9.17, 15) is 4.79 Å². The molecule has 7 heteroatoms. The van der Waals surface area contributed by atoms with Crippen LogP contribution in [0.3, 0.4) is 0 Å². The van der Waals surface area contributed by atoms with Crippen LogP contribution in [-0.2, 0) is 9.53 Å². The second kappa shape index (κ2) is 9.44. The molecule has 0 aliphatic rings. The molecular weight excluding hydrogens is 358 g/mol. The molecule has 25 heavy (non-hydrogen) atoms. The maximum Gasteiger partial charge on any atom is 0.293 e. The fraction of sp³-hybridized carbons (Fsp3) is 0.278. The van der Waals surface area contributed by atoms with Gasteiger partial charge in [0, 0.05) is 22.1 Å². The molecule has 0 fully saturated rings. The number of nitrogens with zero attached hydrogens (tertiary/aromatic N) is 3. The van der Waals surface area contributed by atoms with Gasteiger partial charge in [-0.25, -0.2) is 9.50 Å². The molecule has 0 spiro atoms. The van der Waals surface area contributed by atoms with Gasteiger partial charge in [-0.2, -0.15) is 5.10 Å². The van der Waals surface area contributed by atoms with Crippen LogP contribution in [-0.4, -0.2) is 33.4 Å². The van der Waals surface area contributed by atoms with E-state index in [-0.39, 0.29) is 0 Å². The molecule has 0 aliphatic carbocycles. The van der Waals surface area contributed by atoms with Crippen molar-refractivity contribution in [2.75, 3.05) is 12.4 Å². The van der Waals surface area contributed by atoms with E-state index in [2.05, 4.69) is 46.0 Å². The van der Waals surface area contributed by atoms with Crippen LogP contribution in [0.15, 0.2) is 41.4 Å². The molecule has 0 saturated heterocycles. The van der Waals surface area contributed by atoms with Gasteiger partial charge in [0.1, 0.15) is 5.15 Å². The Labute approximate surface area is 156 Å². The molecule has 3 aromatic rings. The number of thioether (sulfide) groups is 1. The van der Waals surface area contributed by atoms with E-state index in [1.807, 2.05) is 24.8 Å². The van der Waals surface area contributed by atoms with Crippen molar-refractivity contribution in [3.63, 3.8) is 0 Å². The molecule has 0 amide bonds. The van der Waals surface area contributed by atoms with Crippen molar-refractivity contribution in [2.24, 2.45) is 0 Å². The Bertz CT molecular complexity index is 834. The number of ether oxygens (including phenoxy) is 1. The van der Waals surface area contributed by atoms with E-state index in [0.717, 1.165) is 28.2 Å². The van der Waals surface area contributed by atoms with Crippen LogP contribution in [0, 0.1) is 6.92 Å². The van der Waals surface area contributed by atoms with E-state index in [4.69, 9.17) is 11.6 Å². The molecule has 1 aromatic carbocycles. The minimum Gasteiger partial charge on any atom is -0.468 e. The predicted molar refractivity (Wildman–Crippen MR) is 102 cm³/mol. The average Bonchev–Trinajstić information content (AvgIpc) is 2.99. The zero-order valence-corrected chi connectivity index (χ0v) is 16.0. The summed E-state index contributed by atoms with van der Waals surface area (Å²) in [5, 5.41) is 4.78. The fourth-order valence-electron chi connectivity index (χ4n) is 2.14. The molecule has 2 heterocycles. The van der Waals surface area contributed by atoms with Crippen molar-refractivity contribution < 1.29 is 9.53 Å². The maximum absolute atomic E-state index is 9.18. The lowest BCUT2D eigenvalue weighted by Crippen LogP contribution is -1.95. The second-order valence-corrected chi connectivity index (χ2v) is 6.76. The molecule has 5 nitrogen and oxygen atoms in total. The Kier molecular flexibility index (Phi) is 7.28. The lowest BCUT2D eigenvalue weighted by molar-refractivity contribution is -0.128. The topological polar surface area (TPSA) is 56.5 Å². The minimum absolute atomic E-state index is 0.431. The lowest BCUT2D eigenvalue weighted by Gasteiger charge is -2.05. The standard InChI is InChI=1S/C15H14ClN3S.C3H6O2/c1-3-20-12-6-4-11(5-7-12)13-8-14(16)19-15(18-13)10(2)9-17-19;1-2-5-3-4/h4-9H,3H2,1-2H3;3H,2H2,1H3. The highest BCUT2D eigenvalue weighted by atomic mass is 35.5. The molecule has 2 aromatic heterocycles. The molecule has 0 N–H and O–H groups in total. The number of carbonyl (C=O) groups is 1. The zero-order chi connectivity index (χ0) is 18.2. The van der Waals surface area contributed by atoms with Gasteiger partial charge in [-0.1, -0.05) is 30.7 Å². The quantitative estimate of drug-likeness (QED) is 0.368. The summed E-state index contributed by atoms with van der Waals surface area (Å²) in [7, 11) is 0. The summed E-state index contributed by atoms with van der Waals surface area (Å²) in [5.41, 5.74) is 3.76. The number of aromatic nitrogens is 3. The van der Waals surface area contributed by atoms with Gasteiger partial charge in [-0.3, -0.25) is 4.79 Å². The van der Waals surface area contributed by atoms with Crippen LogP contribution in [0.5, 0.6) is 0 Å². The van der Waals surface area contributed by atoms with Crippen molar-refractivity contribution in [2.45, 2.75) is 25.7 Å². The molecule has 0 aliphatic heterocycles. The number of aryl methyl sites for hydroxylation is 1. The van der Waals surface area contributed by atoms with Crippen LogP contribution in [0.25, 0.3) is 16.9 Å². The summed E-state index contributed by atoms with van der Waals surface area (Å²) in [6.45, 7) is 6.80. The Morgan fingerprint density at radius 1 is 1.28 bits per heavy atom. The predicted octanol–water partition coefficient (Wildman–Crippen LogP) is 4.65. The summed E-state index contributed by atoms with van der Waals surface area (Å²) in [4.78, 5) is 15.1. The first-order chi connectivity index (χ1) is 12.1. The Balaban J connectivity index is 0.000000399. The summed E-state index contributed by atoms with van der Waals surface area (Å²) in [6.07, 6.45) is 1.78. The summed E-state index contributed by atoms with van der Waals surface area (Å²) in [5.74, 6) is 1.07. The van der Waals surface area contributed by atoms with E-state index in [0.29, 0.717) is 18.2 Å². The highest BCUT2D eigenvalue weighted by molar-refractivity contribution is 7.99. The lowest BCUT2D eigenvalue weighted by atomic mass is 10.1. The number of hydrogen-bond donors (Lipinski definition) is 0. The third-order valence-corrected chi connectivity index (χ3v) is 4.46. The van der Waals surface area contributed by atoms with Crippen molar-refractivity contribution >= 4 is 35.5 Å². The molecule has 132 valence electrons. The first kappa shape index (κ1) is 19.3. The Morgan fingerprint density at radius 3 is 2.56 bits per heavy atom. The average molecular weight is 378 g/mol. The molecule has 0 radical (unpaired) electrons. The van der Waals surface area contributed by atoms with Gasteiger partial charge in [-0.05, 0) is 31.7 Å². The van der Waals surface area contributed by atoms with Gasteiger partial charge in [0.2, 0.25) is 0 Å². The Hall–Kier alpha value is -2.05. The first-order valence-corrected chi connectivity index (χ1v) is 9.26. The largest absolute Gasteiger partial charge is 0.468 e. The van der Waals surface area contributed by atoms with E-state index in [1.54, 1.807) is 17.6 Å². The highest BCUT2D eigenvalue weighted by Gasteiger charge is 2.09. The minimum atomic E-state index is 0.431. The SMILES string of the molecule is CCOC=O.CCSc1ccc(-c2cc(Cl)n3ncc(C)c3n2)cc1. The van der Waals surface area contributed by atoms with Crippen LogP contribution >= 0.6 is 23.4 Å². The van der Waals surface area contributed by atoms with Crippen LogP contribution in [0.1, 0.15) is 19.4 Å². The maximum atomic E-state index is 9.18. The normalized spacial score (nSPS) is 10.2. The zero-order valence-electron chi connectivity index (χ0n) is 14.4. The molecule has 0 bridgehead atoms. The second-order valence-electron chi connectivity index (χ2n) is 5.04. The Morgan fingerprint density at radius 2 is 2.00 bits per heavy atom. The molecule has 0 saturated carbocycles. The fourth-order valence-corrected chi connectivity index (χ4v) is 3.03. The molecule has 0 unspecified atom stereocenters. The van der Waals surface area contributed by atoms with Crippen molar-refractivity contribution in [1.82, 2.24) is 14.6 Å². The van der Waals surface area contributed by atoms with Gasteiger partial charge < -0.3 is 4.74 Å². The van der Waals surface area contributed by atoms with E-state index in [1.165, 1.54) is 4.90 Å². The van der Waals surface area contributed by atoms with Crippen molar-refractivity contribution in [3.05, 3.63) is 47.2 Å². The molecule has 3 rings (SSSR count). The molecule has 0 atom stereocenters.